The standard InChI is InChI=1S/C10H17N3O/c1-3-9(7(2)14)13-10-5-4-8(11)6-12-10/h4-7,9,14H,3,11H2,1-2H3,(H,12,13). The molecule has 78 valence electrons. The number of aliphatic hydroxyl groups excluding tert-OH is 1. The molecule has 0 aliphatic rings. The molecular formula is C10H17N3O. The van der Waals surface area contributed by atoms with Crippen LogP contribution < -0.4 is 11.1 Å². The highest BCUT2D eigenvalue weighted by molar-refractivity contribution is 5.44. The summed E-state index contributed by atoms with van der Waals surface area (Å²) in [5, 5.41) is 12.6. The Labute approximate surface area is 84.2 Å². The molecule has 1 heterocycles. The molecule has 0 amide bonds. The summed E-state index contributed by atoms with van der Waals surface area (Å²) in [4.78, 5) is 4.10. The van der Waals surface area contributed by atoms with E-state index in [4.69, 9.17) is 5.73 Å². The summed E-state index contributed by atoms with van der Waals surface area (Å²) in [5.41, 5.74) is 6.15. The van der Waals surface area contributed by atoms with E-state index in [1.807, 2.05) is 6.92 Å². The normalized spacial score (nSPS) is 14.8. The maximum Gasteiger partial charge on any atom is 0.126 e. The molecule has 0 aromatic carbocycles. The second-order valence-corrected chi connectivity index (χ2v) is 3.38. The molecule has 4 nitrogen and oxygen atoms in total. The number of nitrogens with two attached hydrogens (primary N) is 1. The van der Waals surface area contributed by atoms with Crippen molar-refractivity contribution in [2.75, 3.05) is 11.1 Å². The van der Waals surface area contributed by atoms with Gasteiger partial charge in [0.05, 0.1) is 24.0 Å². The lowest BCUT2D eigenvalue weighted by Crippen LogP contribution is -2.30. The Kier molecular flexibility index (Phi) is 3.71. The molecule has 0 aliphatic carbocycles. The number of aliphatic hydroxyl groups is 1. The number of hydrogen-bond donors (Lipinski definition) is 3. The molecule has 4 N–H and O–H groups in total. The topological polar surface area (TPSA) is 71.2 Å². The summed E-state index contributed by atoms with van der Waals surface area (Å²) in [5.74, 6) is 0.743. The maximum absolute atomic E-state index is 9.41. The van der Waals surface area contributed by atoms with Crippen LogP contribution in [0.25, 0.3) is 0 Å². The van der Waals surface area contributed by atoms with Crippen LogP contribution in [0, 0.1) is 0 Å². The fourth-order valence-corrected chi connectivity index (χ4v) is 1.24. The van der Waals surface area contributed by atoms with E-state index in [1.54, 1.807) is 25.3 Å². The van der Waals surface area contributed by atoms with Gasteiger partial charge >= 0.3 is 0 Å². The minimum Gasteiger partial charge on any atom is -0.397 e. The van der Waals surface area contributed by atoms with E-state index in [0.717, 1.165) is 12.2 Å². The van der Waals surface area contributed by atoms with Gasteiger partial charge in [0.25, 0.3) is 0 Å². The van der Waals surface area contributed by atoms with Gasteiger partial charge in [-0.15, -0.1) is 0 Å². The van der Waals surface area contributed by atoms with Gasteiger partial charge in [-0.1, -0.05) is 6.92 Å². The van der Waals surface area contributed by atoms with Crippen molar-refractivity contribution in [2.45, 2.75) is 32.4 Å². The highest BCUT2D eigenvalue weighted by atomic mass is 16.3. The van der Waals surface area contributed by atoms with E-state index >= 15 is 0 Å². The van der Waals surface area contributed by atoms with Gasteiger partial charge in [0, 0.05) is 0 Å². The second-order valence-electron chi connectivity index (χ2n) is 3.38. The third kappa shape index (κ3) is 2.88. The van der Waals surface area contributed by atoms with Crippen molar-refractivity contribution in [1.82, 2.24) is 4.98 Å². The summed E-state index contributed by atoms with van der Waals surface area (Å²) in [6.07, 6.45) is 2.06. The average Bonchev–Trinajstić information content (AvgIpc) is 2.16. The number of anilines is 2. The first-order valence-corrected chi connectivity index (χ1v) is 4.79. The van der Waals surface area contributed by atoms with E-state index in [9.17, 15) is 5.11 Å². The van der Waals surface area contributed by atoms with Crippen LogP contribution in [0.2, 0.25) is 0 Å². The molecule has 1 aromatic rings. The Morgan fingerprint density at radius 2 is 2.29 bits per heavy atom. The first-order valence-electron chi connectivity index (χ1n) is 4.79. The van der Waals surface area contributed by atoms with E-state index in [-0.39, 0.29) is 12.1 Å². The van der Waals surface area contributed by atoms with E-state index in [1.165, 1.54) is 0 Å². The number of rotatable bonds is 4. The molecule has 2 atom stereocenters. The molecule has 4 heteroatoms. The number of hydrogen-bond acceptors (Lipinski definition) is 4. The summed E-state index contributed by atoms with van der Waals surface area (Å²) in [6.45, 7) is 3.78. The van der Waals surface area contributed by atoms with Crippen LogP contribution in [-0.2, 0) is 0 Å². The first kappa shape index (κ1) is 10.8. The minimum absolute atomic E-state index is 0.0334. The number of pyridine rings is 1. The van der Waals surface area contributed by atoms with Crippen LogP contribution in [0.3, 0.4) is 0 Å². The molecule has 0 spiro atoms. The van der Waals surface area contributed by atoms with Crippen LogP contribution in [0.1, 0.15) is 20.3 Å². The summed E-state index contributed by atoms with van der Waals surface area (Å²) >= 11 is 0. The zero-order valence-electron chi connectivity index (χ0n) is 8.57. The number of nitrogens with zero attached hydrogens (tertiary/aromatic N) is 1. The fraction of sp³-hybridized carbons (Fsp3) is 0.500. The Morgan fingerprint density at radius 3 is 2.71 bits per heavy atom. The SMILES string of the molecule is CCC(Nc1ccc(N)cn1)C(C)O. The van der Waals surface area contributed by atoms with Crippen molar-refractivity contribution in [3.05, 3.63) is 18.3 Å². The van der Waals surface area contributed by atoms with Crippen LogP contribution >= 0.6 is 0 Å². The highest BCUT2D eigenvalue weighted by Crippen LogP contribution is 2.10. The molecule has 0 aliphatic heterocycles. The Hall–Kier alpha value is -1.29. The Bertz CT molecular complexity index is 271. The van der Waals surface area contributed by atoms with Crippen molar-refractivity contribution < 1.29 is 5.11 Å². The van der Waals surface area contributed by atoms with Crippen LogP contribution in [0.4, 0.5) is 11.5 Å². The van der Waals surface area contributed by atoms with Crippen LogP contribution in [0.5, 0.6) is 0 Å². The zero-order chi connectivity index (χ0) is 10.6. The smallest absolute Gasteiger partial charge is 0.126 e. The maximum atomic E-state index is 9.41. The molecule has 0 saturated carbocycles. The zero-order valence-corrected chi connectivity index (χ0v) is 8.57. The third-order valence-corrected chi connectivity index (χ3v) is 2.14. The summed E-state index contributed by atoms with van der Waals surface area (Å²) < 4.78 is 0. The Balaban J connectivity index is 2.63. The predicted molar refractivity (Wildman–Crippen MR) is 58.0 cm³/mol. The lowest BCUT2D eigenvalue weighted by atomic mass is 10.1. The van der Waals surface area contributed by atoms with Gasteiger partial charge in [0.2, 0.25) is 0 Å². The molecule has 14 heavy (non-hydrogen) atoms. The quantitative estimate of drug-likeness (QED) is 0.676. The van der Waals surface area contributed by atoms with Crippen LogP contribution in [0.15, 0.2) is 18.3 Å². The first-order chi connectivity index (χ1) is 6.63. The average molecular weight is 195 g/mol. The molecule has 0 saturated heterocycles. The van der Waals surface area contributed by atoms with Crippen molar-refractivity contribution in [2.24, 2.45) is 0 Å². The molecule has 1 aromatic heterocycles. The van der Waals surface area contributed by atoms with Gasteiger partial charge < -0.3 is 16.2 Å². The van der Waals surface area contributed by atoms with Crippen molar-refractivity contribution in [1.29, 1.82) is 0 Å². The fourth-order valence-electron chi connectivity index (χ4n) is 1.24. The third-order valence-electron chi connectivity index (χ3n) is 2.14. The van der Waals surface area contributed by atoms with E-state index < -0.39 is 0 Å². The summed E-state index contributed by atoms with van der Waals surface area (Å²) in [6, 6.07) is 3.62. The highest BCUT2D eigenvalue weighted by Gasteiger charge is 2.12. The van der Waals surface area contributed by atoms with E-state index in [0.29, 0.717) is 5.69 Å². The van der Waals surface area contributed by atoms with Gasteiger partial charge in [0.15, 0.2) is 0 Å². The van der Waals surface area contributed by atoms with Crippen molar-refractivity contribution in [3.63, 3.8) is 0 Å². The van der Waals surface area contributed by atoms with Crippen molar-refractivity contribution >= 4 is 11.5 Å². The number of aromatic nitrogens is 1. The predicted octanol–water partition coefficient (Wildman–Crippen LogP) is 1.24. The lowest BCUT2D eigenvalue weighted by Gasteiger charge is -2.20. The largest absolute Gasteiger partial charge is 0.397 e. The molecule has 0 fully saturated rings. The monoisotopic (exact) mass is 195 g/mol. The van der Waals surface area contributed by atoms with Gasteiger partial charge in [-0.3, -0.25) is 0 Å². The molecular weight excluding hydrogens is 178 g/mol. The molecule has 0 radical (unpaired) electrons. The number of nitrogens with one attached hydrogen (secondary N) is 1. The second kappa shape index (κ2) is 4.81. The van der Waals surface area contributed by atoms with Gasteiger partial charge in [0.1, 0.15) is 5.82 Å². The molecule has 0 bridgehead atoms. The van der Waals surface area contributed by atoms with Crippen LogP contribution in [-0.4, -0.2) is 22.2 Å². The molecule has 1 rings (SSSR count). The van der Waals surface area contributed by atoms with Gasteiger partial charge in [-0.05, 0) is 25.5 Å². The lowest BCUT2D eigenvalue weighted by molar-refractivity contribution is 0.169. The van der Waals surface area contributed by atoms with E-state index in [2.05, 4.69) is 10.3 Å². The van der Waals surface area contributed by atoms with Crippen molar-refractivity contribution in [3.8, 4) is 0 Å². The minimum atomic E-state index is -0.389. The Morgan fingerprint density at radius 1 is 1.57 bits per heavy atom. The summed E-state index contributed by atoms with van der Waals surface area (Å²) in [7, 11) is 0. The van der Waals surface area contributed by atoms with Gasteiger partial charge in [-0.25, -0.2) is 4.98 Å². The van der Waals surface area contributed by atoms with Gasteiger partial charge in [-0.2, -0.15) is 0 Å². The number of nitrogen functional groups attached to an aromatic ring is 1. The molecule has 2 unspecified atom stereocenters.